The topological polar surface area (TPSA) is 70.1 Å². The highest BCUT2D eigenvalue weighted by Gasteiger charge is 2.14. The van der Waals surface area contributed by atoms with Gasteiger partial charge in [0.15, 0.2) is 0 Å². The summed E-state index contributed by atoms with van der Waals surface area (Å²) in [5.41, 5.74) is 0. The summed E-state index contributed by atoms with van der Waals surface area (Å²) in [6, 6.07) is 0. The lowest BCUT2D eigenvalue weighted by atomic mass is 9.90. The van der Waals surface area contributed by atoms with Crippen molar-refractivity contribution in [3.63, 3.8) is 0 Å². The van der Waals surface area contributed by atoms with E-state index in [1.165, 1.54) is 379 Å². The fourth-order valence-electron chi connectivity index (χ4n) is 14.5. The second-order valence-electron chi connectivity index (χ2n) is 32.0. The summed E-state index contributed by atoms with van der Waals surface area (Å²) in [7, 11) is 8.80. The molecule has 0 aromatic carbocycles. The van der Waals surface area contributed by atoms with Crippen molar-refractivity contribution < 1.29 is 20.8 Å². The van der Waals surface area contributed by atoms with Crippen molar-refractivity contribution in [1.82, 2.24) is 9.80 Å². The van der Waals surface area contributed by atoms with Crippen molar-refractivity contribution in [2.24, 2.45) is 23.7 Å². The average molecular weight is 1470 g/mol. The number of ether oxygens (including phenoxy) is 1. The second kappa shape index (κ2) is 96.3. The van der Waals surface area contributed by atoms with Crippen LogP contribution in [0, 0.1) is 23.7 Å². The number of carbonyl (C=O) groups is 2. The van der Waals surface area contributed by atoms with Crippen LogP contribution in [-0.4, -0.2) is 80.6 Å². The molecule has 0 bridgehead atoms. The molecule has 2 unspecified atom stereocenters. The summed E-state index contributed by atoms with van der Waals surface area (Å²) in [5.74, 6) is 3.40. The zero-order valence-corrected chi connectivity index (χ0v) is 72.8. The molecular weight excluding hydrogens is 1280 g/mol. The first-order valence-corrected chi connectivity index (χ1v) is 46.4. The van der Waals surface area contributed by atoms with Gasteiger partial charge in [-0.25, -0.2) is 0 Å². The Morgan fingerprint density at radius 2 is 0.563 bits per heavy atom. The van der Waals surface area contributed by atoms with Crippen LogP contribution >= 0.6 is 11.6 Å². The van der Waals surface area contributed by atoms with Gasteiger partial charge >= 0.3 is 5.97 Å². The fraction of sp³-hybridized carbons (Fsp3) is 0.896. The average Bonchev–Trinajstić information content (AvgIpc) is 1.69. The number of carbonyl (C=O) groups excluding carboxylic acids is 2. The van der Waals surface area contributed by atoms with E-state index in [1.54, 1.807) is 6.92 Å². The highest BCUT2D eigenvalue weighted by molar-refractivity contribution is 6.63. The number of esters is 1. The molecule has 614 valence electrons. The normalized spacial score (nSPS) is 12.5. The Morgan fingerprint density at radius 1 is 0.330 bits per heavy atom. The third-order valence-electron chi connectivity index (χ3n) is 21.2. The fourth-order valence-corrected chi connectivity index (χ4v) is 14.6. The summed E-state index contributed by atoms with van der Waals surface area (Å²) in [5, 5.41) is 8.77. The number of rotatable bonds is 79. The van der Waals surface area contributed by atoms with E-state index in [2.05, 4.69) is 128 Å². The third-order valence-corrected chi connectivity index (χ3v) is 21.4. The zero-order chi connectivity index (χ0) is 77.2. The molecular formula is C96H189ClN2O4. The lowest BCUT2D eigenvalue weighted by Gasteiger charge is -2.18. The molecule has 0 saturated heterocycles. The summed E-state index contributed by atoms with van der Waals surface area (Å²) in [6.07, 6.45) is 104. The van der Waals surface area contributed by atoms with E-state index in [9.17, 15) is 9.59 Å². The van der Waals surface area contributed by atoms with Crippen LogP contribution in [-0.2, 0) is 14.3 Å². The molecule has 0 aliphatic heterocycles. The van der Waals surface area contributed by atoms with Gasteiger partial charge in [0, 0.05) is 20.8 Å². The molecule has 0 aromatic heterocycles. The van der Waals surface area contributed by atoms with Crippen LogP contribution < -0.4 is 0 Å². The van der Waals surface area contributed by atoms with E-state index in [0.717, 1.165) is 68.6 Å². The molecule has 0 rings (SSSR count). The van der Waals surface area contributed by atoms with Crippen LogP contribution in [0.2, 0.25) is 0 Å². The van der Waals surface area contributed by atoms with Crippen LogP contribution in [0.15, 0.2) is 48.6 Å². The predicted molar refractivity (Wildman–Crippen MR) is 467 cm³/mol. The number of aliphatic hydroxyl groups excluding tert-OH is 1. The highest BCUT2D eigenvalue weighted by Crippen LogP contribution is 2.27. The number of hydrogen-bond donors (Lipinski definition) is 1. The summed E-state index contributed by atoms with van der Waals surface area (Å²) < 4.78 is 11.9. The van der Waals surface area contributed by atoms with Gasteiger partial charge in [-0.3, -0.25) is 9.59 Å². The molecule has 0 heterocycles. The maximum Gasteiger partial charge on any atom is 0.305 e. The van der Waals surface area contributed by atoms with E-state index < -0.39 is 0 Å². The molecule has 6 nitrogen and oxygen atoms in total. The highest BCUT2D eigenvalue weighted by atomic mass is 35.5. The molecule has 0 radical (unpaired) electrons. The van der Waals surface area contributed by atoms with Gasteiger partial charge in [0.05, 0.1) is 6.61 Å². The van der Waals surface area contributed by atoms with Gasteiger partial charge in [0.2, 0.25) is 5.24 Å². The van der Waals surface area contributed by atoms with E-state index in [4.69, 9.17) is 22.8 Å². The van der Waals surface area contributed by atoms with Crippen LogP contribution in [0.1, 0.15) is 481 Å². The van der Waals surface area contributed by atoms with Gasteiger partial charge in [-0.05, 0) is 192 Å². The minimum absolute atomic E-state index is 0.0336. The van der Waals surface area contributed by atoms with Crippen LogP contribution in [0.5, 0.6) is 0 Å². The minimum Gasteiger partial charge on any atom is -0.466 e. The molecule has 0 aliphatic rings. The van der Waals surface area contributed by atoms with Gasteiger partial charge in [-0.15, -0.1) is 0 Å². The minimum atomic E-state index is -0.180. The lowest BCUT2D eigenvalue weighted by Crippen LogP contribution is -2.14. The summed E-state index contributed by atoms with van der Waals surface area (Å²) >= 11 is 5.42. The Bertz CT molecular complexity index is 1700. The number of unbranched alkanes of at least 4 members (excludes halogenated alkanes) is 38. The van der Waals surface area contributed by atoms with Crippen molar-refractivity contribution in [3.8, 4) is 0 Å². The number of allylic oxidation sites excluding steroid dienone is 8. The maximum atomic E-state index is 12.3. The van der Waals surface area contributed by atoms with Crippen LogP contribution in [0.3, 0.4) is 0 Å². The Balaban J connectivity index is -0.000000804. The van der Waals surface area contributed by atoms with Crippen molar-refractivity contribution >= 4 is 22.8 Å². The van der Waals surface area contributed by atoms with Crippen molar-refractivity contribution in [3.05, 3.63) is 48.6 Å². The SMILES string of the molecule is CCCCC/C=C\C/C=C\CCCCCCCCCC(CCCCCCCCC(=O)Cl)CCCN(C)C.CCCCC/C=C\C/C=C\CCCCCCCCCC(CCCCCCCCC(=O)OCCC(CCCCC)CCCCC)CCCN(C)C.CCCCCC(CCO)CCCCC.[2H]CC. The number of aliphatic hydroxyl groups is 1. The first-order chi connectivity index (χ1) is 50.8. The second-order valence-corrected chi connectivity index (χ2v) is 32.4. The first-order valence-electron chi connectivity index (χ1n) is 46.7. The number of nitrogens with zero attached hydrogens (tertiary/aromatic N) is 2. The Hall–Kier alpha value is -1.73. The standard InChI is InChI=1S/C47H91NO2.C34H64ClNO.C13H28O.C2H6/c1-6-9-12-13-14-15-16-17-18-19-20-21-22-23-24-27-32-38-45(40-35-43-48(4)5)39-33-28-25-26-29-34-41-47(49)50-44-42-46(36-30-10-7-2)37-31-11-8-3;1-4-5-6-7-8-9-10-11-12-13-14-15-16-17-18-21-24-28-33(30-27-32-36(2)3)29-25-22-19-20-23-26-31-34(35)37;1-3-5-7-9-13(11-12-14)10-8-6-4-2;1-2/h14-15,17-18,45-46H,6-13,16,19-44H2,1-5H3;8-9,11-12,33H,4-7,10,13-32H2,1-3H3;13-14H,3-12H2,1-2H3;1-2H3/b15-14-,18-17-;9-8-,12-11-;;/i;;;1D. The smallest absolute Gasteiger partial charge is 0.305 e. The van der Waals surface area contributed by atoms with Crippen LogP contribution in [0.25, 0.3) is 0 Å². The van der Waals surface area contributed by atoms with Gasteiger partial charge in [-0.1, -0.05) is 399 Å². The molecule has 1 N–H and O–H groups in total. The van der Waals surface area contributed by atoms with Crippen molar-refractivity contribution in [1.29, 1.82) is 0 Å². The van der Waals surface area contributed by atoms with E-state index in [0.29, 0.717) is 33.0 Å². The Kier molecular flexibility index (Phi) is 98.6. The molecule has 2 atom stereocenters. The van der Waals surface area contributed by atoms with Crippen LogP contribution in [0.4, 0.5) is 0 Å². The summed E-state index contributed by atoms with van der Waals surface area (Å²) in [6.45, 7) is 19.3. The predicted octanol–water partition coefficient (Wildman–Crippen LogP) is 32.0. The van der Waals surface area contributed by atoms with Gasteiger partial charge in [0.1, 0.15) is 0 Å². The first kappa shape index (κ1) is 105. The molecule has 103 heavy (non-hydrogen) atoms. The third kappa shape index (κ3) is 98.3. The zero-order valence-electron chi connectivity index (χ0n) is 73.1. The van der Waals surface area contributed by atoms with Crippen molar-refractivity contribution in [2.75, 3.05) is 54.5 Å². The molecule has 0 aliphatic carbocycles. The molecule has 0 amide bonds. The van der Waals surface area contributed by atoms with Gasteiger partial charge < -0.3 is 19.6 Å². The molecule has 0 saturated carbocycles. The van der Waals surface area contributed by atoms with Gasteiger partial charge in [-0.2, -0.15) is 0 Å². The maximum absolute atomic E-state index is 12.3. The van der Waals surface area contributed by atoms with E-state index >= 15 is 0 Å². The quantitative estimate of drug-likeness (QED) is 0.0283. The Morgan fingerprint density at radius 3 is 0.854 bits per heavy atom. The molecule has 7 heteroatoms. The van der Waals surface area contributed by atoms with Gasteiger partial charge in [0.25, 0.3) is 0 Å². The monoisotopic (exact) mass is 1470 g/mol. The molecule has 0 spiro atoms. The largest absolute Gasteiger partial charge is 0.466 e. The Labute approximate surface area is 655 Å². The number of halogens is 1. The van der Waals surface area contributed by atoms with E-state index in [1.807, 2.05) is 0 Å². The summed E-state index contributed by atoms with van der Waals surface area (Å²) in [4.78, 5) is 27.8. The lowest BCUT2D eigenvalue weighted by molar-refractivity contribution is -0.144. The molecule has 0 aromatic rings. The van der Waals surface area contributed by atoms with Crippen molar-refractivity contribution in [2.45, 2.75) is 479 Å². The number of hydrogen-bond acceptors (Lipinski definition) is 6. The van der Waals surface area contributed by atoms with E-state index in [-0.39, 0.29) is 11.2 Å². The molecule has 0 fully saturated rings.